The van der Waals surface area contributed by atoms with Crippen LogP contribution in [0.4, 0.5) is 4.39 Å². The average Bonchev–Trinajstić information content (AvgIpc) is 3.10. The van der Waals surface area contributed by atoms with Crippen LogP contribution in [0.5, 0.6) is 0 Å². The summed E-state index contributed by atoms with van der Waals surface area (Å²) in [5.74, 6) is -0.888. The second-order valence-electron chi connectivity index (χ2n) is 4.40. The molecule has 4 nitrogen and oxygen atoms in total. The number of nitrogens with one attached hydrogen (secondary N) is 1. The van der Waals surface area contributed by atoms with Gasteiger partial charge in [0, 0.05) is 6.04 Å². The molecule has 0 aromatic carbocycles. The third kappa shape index (κ3) is 2.29. The number of hydrogen-bond acceptors (Lipinski definition) is 3. The van der Waals surface area contributed by atoms with Gasteiger partial charge in [0.05, 0.1) is 11.9 Å². The molecule has 3 N–H and O–H groups in total. The summed E-state index contributed by atoms with van der Waals surface area (Å²) in [5, 5.41) is 3.23. The number of nitrogens with zero attached hydrogens (tertiary/aromatic N) is 1. The molecule has 1 aliphatic carbocycles. The fourth-order valence-corrected chi connectivity index (χ4v) is 1.93. The molecule has 1 fully saturated rings. The van der Waals surface area contributed by atoms with Gasteiger partial charge in [-0.3, -0.25) is 15.1 Å². The van der Waals surface area contributed by atoms with Gasteiger partial charge in [-0.05, 0) is 31.4 Å². The van der Waals surface area contributed by atoms with Gasteiger partial charge in [0.2, 0.25) is 5.91 Å². The van der Waals surface area contributed by atoms with Crippen LogP contribution >= 0.6 is 0 Å². The number of carbonyl (C=O) groups excluding carboxylic acids is 1. The Morgan fingerprint density at radius 2 is 2.35 bits per heavy atom. The Labute approximate surface area is 99.4 Å². The van der Waals surface area contributed by atoms with E-state index in [2.05, 4.69) is 10.3 Å². The van der Waals surface area contributed by atoms with Gasteiger partial charge in [-0.2, -0.15) is 0 Å². The Kier molecular flexibility index (Phi) is 3.11. The van der Waals surface area contributed by atoms with Gasteiger partial charge >= 0.3 is 0 Å². The molecule has 1 amide bonds. The van der Waals surface area contributed by atoms with E-state index in [9.17, 15) is 9.18 Å². The normalized spacial score (nSPS) is 18.7. The molecule has 1 atom stereocenters. The number of halogens is 1. The molecule has 17 heavy (non-hydrogen) atoms. The maximum absolute atomic E-state index is 12.9. The van der Waals surface area contributed by atoms with Crippen LogP contribution in [0.2, 0.25) is 0 Å². The molecule has 1 aromatic heterocycles. The Bertz CT molecular complexity index is 416. The lowest BCUT2D eigenvalue weighted by Gasteiger charge is -2.30. The van der Waals surface area contributed by atoms with Crippen molar-refractivity contribution >= 4 is 5.91 Å². The highest BCUT2D eigenvalue weighted by atomic mass is 19.1. The van der Waals surface area contributed by atoms with E-state index in [-0.39, 0.29) is 0 Å². The summed E-state index contributed by atoms with van der Waals surface area (Å²) in [6, 6.07) is 3.12. The summed E-state index contributed by atoms with van der Waals surface area (Å²) in [4.78, 5) is 15.7. The Morgan fingerprint density at radius 1 is 1.65 bits per heavy atom. The lowest BCUT2D eigenvalue weighted by Crippen LogP contribution is -2.53. The third-order valence-electron chi connectivity index (χ3n) is 3.14. The van der Waals surface area contributed by atoms with Crippen LogP contribution in [0.3, 0.4) is 0 Å². The van der Waals surface area contributed by atoms with Crippen LogP contribution in [-0.2, 0) is 10.3 Å². The highest BCUT2D eigenvalue weighted by Crippen LogP contribution is 2.30. The van der Waals surface area contributed by atoms with Crippen LogP contribution in [0.1, 0.15) is 31.9 Å². The summed E-state index contributed by atoms with van der Waals surface area (Å²) in [5.41, 5.74) is 5.00. The fourth-order valence-electron chi connectivity index (χ4n) is 1.93. The Morgan fingerprint density at radius 3 is 2.76 bits per heavy atom. The minimum absolute atomic E-state index is 0.314. The zero-order chi connectivity index (χ0) is 12.5. The minimum atomic E-state index is -0.977. The minimum Gasteiger partial charge on any atom is -0.368 e. The molecule has 92 valence electrons. The van der Waals surface area contributed by atoms with E-state index in [0.717, 1.165) is 19.0 Å². The fraction of sp³-hybridized carbons (Fsp3) is 0.500. The van der Waals surface area contributed by atoms with Crippen molar-refractivity contribution in [2.45, 2.75) is 37.8 Å². The molecular formula is C12H16FN3O. The molecule has 0 saturated heterocycles. The number of nitrogens with two attached hydrogens (primary N) is 1. The molecule has 0 radical (unpaired) electrons. The van der Waals surface area contributed by atoms with E-state index in [1.807, 2.05) is 6.92 Å². The number of aromatic nitrogens is 1. The highest BCUT2D eigenvalue weighted by Gasteiger charge is 2.42. The lowest BCUT2D eigenvalue weighted by atomic mass is 9.90. The molecule has 0 spiro atoms. The zero-order valence-corrected chi connectivity index (χ0v) is 9.74. The molecule has 1 saturated carbocycles. The molecule has 0 bridgehead atoms. The van der Waals surface area contributed by atoms with Crippen LogP contribution < -0.4 is 11.1 Å². The van der Waals surface area contributed by atoms with Gasteiger partial charge in [0.1, 0.15) is 11.4 Å². The average molecular weight is 237 g/mol. The molecule has 2 rings (SSSR count). The van der Waals surface area contributed by atoms with Crippen molar-refractivity contribution in [2.75, 3.05) is 0 Å². The number of amides is 1. The summed E-state index contributed by atoms with van der Waals surface area (Å²) >= 11 is 0. The SMILES string of the molecule is CCC(NC1CC1)(C(N)=O)c1ccc(F)cn1. The first kappa shape index (κ1) is 12.0. The van der Waals surface area contributed by atoms with E-state index < -0.39 is 17.3 Å². The number of hydrogen-bond donors (Lipinski definition) is 2. The van der Waals surface area contributed by atoms with E-state index in [1.165, 1.54) is 12.1 Å². The summed E-state index contributed by atoms with van der Waals surface area (Å²) in [7, 11) is 0. The molecule has 1 unspecified atom stereocenters. The Balaban J connectivity index is 2.36. The molecule has 0 aliphatic heterocycles. The van der Waals surface area contributed by atoms with Crippen molar-refractivity contribution in [3.63, 3.8) is 0 Å². The Hall–Kier alpha value is -1.49. The first-order valence-corrected chi connectivity index (χ1v) is 5.78. The first-order valence-electron chi connectivity index (χ1n) is 5.78. The predicted molar refractivity (Wildman–Crippen MR) is 61.5 cm³/mol. The van der Waals surface area contributed by atoms with E-state index in [4.69, 9.17) is 5.73 Å². The largest absolute Gasteiger partial charge is 0.368 e. The smallest absolute Gasteiger partial charge is 0.243 e. The maximum atomic E-state index is 12.9. The number of carbonyl (C=O) groups is 1. The zero-order valence-electron chi connectivity index (χ0n) is 9.74. The molecule has 1 heterocycles. The lowest BCUT2D eigenvalue weighted by molar-refractivity contribution is -0.125. The first-order chi connectivity index (χ1) is 8.08. The van der Waals surface area contributed by atoms with Crippen LogP contribution in [-0.4, -0.2) is 16.9 Å². The molecular weight excluding hydrogens is 221 g/mol. The summed E-state index contributed by atoms with van der Waals surface area (Å²) < 4.78 is 12.9. The van der Waals surface area contributed by atoms with Crippen LogP contribution in [0, 0.1) is 5.82 Å². The van der Waals surface area contributed by atoms with Crippen molar-refractivity contribution < 1.29 is 9.18 Å². The molecule has 1 aliphatic rings. The van der Waals surface area contributed by atoms with E-state index in [0.29, 0.717) is 18.2 Å². The third-order valence-corrected chi connectivity index (χ3v) is 3.14. The van der Waals surface area contributed by atoms with Crippen molar-refractivity contribution in [3.05, 3.63) is 29.8 Å². The molecule has 5 heteroatoms. The summed E-state index contributed by atoms with van der Waals surface area (Å²) in [6.45, 7) is 1.87. The number of rotatable bonds is 5. The topological polar surface area (TPSA) is 68.0 Å². The molecule has 1 aromatic rings. The van der Waals surface area contributed by atoms with Crippen LogP contribution in [0.25, 0.3) is 0 Å². The van der Waals surface area contributed by atoms with E-state index >= 15 is 0 Å². The van der Waals surface area contributed by atoms with Crippen molar-refractivity contribution in [1.82, 2.24) is 10.3 Å². The number of pyridine rings is 1. The van der Waals surface area contributed by atoms with Gasteiger partial charge in [0.15, 0.2) is 0 Å². The number of primary amides is 1. The van der Waals surface area contributed by atoms with Gasteiger partial charge in [-0.1, -0.05) is 6.92 Å². The quantitative estimate of drug-likeness (QED) is 0.804. The van der Waals surface area contributed by atoms with Crippen molar-refractivity contribution in [3.8, 4) is 0 Å². The maximum Gasteiger partial charge on any atom is 0.243 e. The second kappa shape index (κ2) is 4.41. The van der Waals surface area contributed by atoms with Gasteiger partial charge in [-0.15, -0.1) is 0 Å². The second-order valence-corrected chi connectivity index (χ2v) is 4.40. The van der Waals surface area contributed by atoms with Crippen molar-refractivity contribution in [2.24, 2.45) is 5.73 Å². The standard InChI is InChI=1S/C12H16FN3O/c1-2-12(11(14)17,16-9-4-5-9)10-6-3-8(13)7-15-10/h3,6-7,9,16H,2,4-5H2,1H3,(H2,14,17). The van der Waals surface area contributed by atoms with Crippen LogP contribution in [0.15, 0.2) is 18.3 Å². The van der Waals surface area contributed by atoms with Gasteiger partial charge < -0.3 is 5.73 Å². The van der Waals surface area contributed by atoms with E-state index in [1.54, 1.807) is 0 Å². The predicted octanol–water partition coefficient (Wildman–Crippen LogP) is 1.06. The highest BCUT2D eigenvalue weighted by molar-refractivity contribution is 5.85. The van der Waals surface area contributed by atoms with Crippen molar-refractivity contribution in [1.29, 1.82) is 0 Å². The summed E-state index contributed by atoms with van der Waals surface area (Å²) in [6.07, 6.45) is 3.68. The van der Waals surface area contributed by atoms with Gasteiger partial charge in [0.25, 0.3) is 0 Å². The monoisotopic (exact) mass is 237 g/mol. The van der Waals surface area contributed by atoms with Gasteiger partial charge in [-0.25, -0.2) is 4.39 Å².